The fourth-order valence-electron chi connectivity index (χ4n) is 3.03. The van der Waals surface area contributed by atoms with Gasteiger partial charge in [-0.1, -0.05) is 18.2 Å². The van der Waals surface area contributed by atoms with Gasteiger partial charge in [-0.2, -0.15) is 5.10 Å². The molecule has 0 saturated carbocycles. The Kier molecular flexibility index (Phi) is 6.57. The molecule has 0 spiro atoms. The topological polar surface area (TPSA) is 73.6 Å². The van der Waals surface area contributed by atoms with E-state index in [2.05, 4.69) is 5.10 Å². The minimum Gasteiger partial charge on any atom is -0.491 e. The molecule has 0 aliphatic carbocycles. The van der Waals surface area contributed by atoms with Crippen molar-refractivity contribution in [2.45, 2.75) is 12.6 Å². The Balaban J connectivity index is 1.34. The van der Waals surface area contributed by atoms with Crippen LogP contribution in [-0.4, -0.2) is 27.6 Å². The van der Waals surface area contributed by atoms with Crippen LogP contribution in [0, 0.1) is 5.82 Å². The molecule has 0 aliphatic rings. The zero-order valence-corrected chi connectivity index (χ0v) is 17.1. The van der Waals surface area contributed by atoms with Gasteiger partial charge in [0.05, 0.1) is 12.2 Å². The quantitative estimate of drug-likeness (QED) is 0.450. The van der Waals surface area contributed by atoms with Crippen molar-refractivity contribution in [2.75, 3.05) is 6.61 Å². The molecule has 1 unspecified atom stereocenters. The van der Waals surface area contributed by atoms with Crippen LogP contribution in [0.3, 0.4) is 0 Å². The third-order valence-electron chi connectivity index (χ3n) is 4.64. The van der Waals surface area contributed by atoms with Crippen LogP contribution in [0.25, 0.3) is 11.3 Å². The van der Waals surface area contributed by atoms with E-state index in [1.807, 2.05) is 30.3 Å². The van der Waals surface area contributed by atoms with Gasteiger partial charge < -0.3 is 14.6 Å². The molecular weight excluding hydrogens is 411 g/mol. The number of aromatic nitrogens is 2. The van der Waals surface area contributed by atoms with Gasteiger partial charge in [0, 0.05) is 11.6 Å². The first-order valence-corrected chi connectivity index (χ1v) is 10.0. The van der Waals surface area contributed by atoms with Gasteiger partial charge in [-0.05, 0) is 66.7 Å². The largest absolute Gasteiger partial charge is 0.491 e. The second-order valence-corrected chi connectivity index (χ2v) is 7.10. The van der Waals surface area contributed by atoms with E-state index in [1.165, 1.54) is 22.9 Å². The molecule has 0 aliphatic heterocycles. The molecule has 3 aromatic carbocycles. The number of hydrogen-bond donors (Lipinski definition) is 1. The zero-order chi connectivity index (χ0) is 22.3. The van der Waals surface area contributed by atoms with Gasteiger partial charge in [0.25, 0.3) is 5.56 Å². The van der Waals surface area contributed by atoms with Crippen LogP contribution in [-0.2, 0) is 6.54 Å². The summed E-state index contributed by atoms with van der Waals surface area (Å²) in [5.74, 6) is 1.61. The monoisotopic (exact) mass is 432 g/mol. The second-order valence-electron chi connectivity index (χ2n) is 7.10. The van der Waals surface area contributed by atoms with Gasteiger partial charge in [0.15, 0.2) is 0 Å². The van der Waals surface area contributed by atoms with Crippen molar-refractivity contribution in [3.8, 4) is 28.5 Å². The van der Waals surface area contributed by atoms with Crippen LogP contribution in [0.4, 0.5) is 4.39 Å². The maximum Gasteiger partial charge on any atom is 0.266 e. The smallest absolute Gasteiger partial charge is 0.266 e. The number of aliphatic hydroxyl groups is 1. The third-order valence-corrected chi connectivity index (χ3v) is 4.64. The number of aliphatic hydroxyl groups excluding tert-OH is 1. The molecule has 32 heavy (non-hydrogen) atoms. The molecule has 162 valence electrons. The lowest BCUT2D eigenvalue weighted by atomic mass is 10.1. The van der Waals surface area contributed by atoms with Gasteiger partial charge in [-0.15, -0.1) is 0 Å². The Morgan fingerprint density at radius 2 is 1.50 bits per heavy atom. The first-order valence-electron chi connectivity index (χ1n) is 10.0. The van der Waals surface area contributed by atoms with Crippen LogP contribution >= 0.6 is 0 Å². The van der Waals surface area contributed by atoms with Crippen molar-refractivity contribution in [3.05, 3.63) is 107 Å². The molecule has 0 amide bonds. The summed E-state index contributed by atoms with van der Waals surface area (Å²) < 4.78 is 25.7. The highest BCUT2D eigenvalue weighted by molar-refractivity contribution is 5.57. The number of rotatable bonds is 8. The zero-order valence-electron chi connectivity index (χ0n) is 17.1. The number of halogens is 1. The van der Waals surface area contributed by atoms with Crippen LogP contribution in [0.1, 0.15) is 0 Å². The predicted octanol–water partition coefficient (Wildman–Crippen LogP) is 4.28. The van der Waals surface area contributed by atoms with Crippen LogP contribution in [0.5, 0.6) is 17.2 Å². The highest BCUT2D eigenvalue weighted by atomic mass is 19.1. The fourth-order valence-corrected chi connectivity index (χ4v) is 3.03. The Morgan fingerprint density at radius 1 is 0.844 bits per heavy atom. The molecule has 0 fully saturated rings. The molecule has 1 N–H and O–H groups in total. The summed E-state index contributed by atoms with van der Waals surface area (Å²) in [6, 6.07) is 25.2. The van der Waals surface area contributed by atoms with Gasteiger partial charge in [0.1, 0.15) is 35.8 Å². The Hall–Kier alpha value is -3.97. The van der Waals surface area contributed by atoms with Crippen molar-refractivity contribution in [1.29, 1.82) is 0 Å². The number of benzene rings is 3. The normalized spacial score (nSPS) is 11.7. The Labute approximate surface area is 184 Å². The van der Waals surface area contributed by atoms with E-state index in [4.69, 9.17) is 9.47 Å². The molecule has 1 atom stereocenters. The molecule has 6 nitrogen and oxygen atoms in total. The number of hydrogen-bond acceptors (Lipinski definition) is 5. The van der Waals surface area contributed by atoms with Crippen molar-refractivity contribution in [2.24, 2.45) is 0 Å². The summed E-state index contributed by atoms with van der Waals surface area (Å²) in [6.07, 6.45) is -0.955. The summed E-state index contributed by atoms with van der Waals surface area (Å²) in [5, 5.41) is 14.6. The van der Waals surface area contributed by atoms with Gasteiger partial charge >= 0.3 is 0 Å². The van der Waals surface area contributed by atoms with E-state index < -0.39 is 6.10 Å². The molecule has 1 aromatic heterocycles. The highest BCUT2D eigenvalue weighted by Gasteiger charge is 2.11. The van der Waals surface area contributed by atoms with Crippen LogP contribution in [0.2, 0.25) is 0 Å². The number of para-hydroxylation sites is 1. The lowest BCUT2D eigenvalue weighted by Gasteiger charge is -2.14. The molecular formula is C25H21FN2O4. The molecule has 4 aromatic rings. The fraction of sp³-hybridized carbons (Fsp3) is 0.120. The molecule has 0 radical (unpaired) electrons. The van der Waals surface area contributed by atoms with Gasteiger partial charge in [-0.3, -0.25) is 4.79 Å². The summed E-state index contributed by atoms with van der Waals surface area (Å²) >= 11 is 0. The average Bonchev–Trinajstić information content (AvgIpc) is 2.81. The van der Waals surface area contributed by atoms with E-state index in [-0.39, 0.29) is 24.5 Å². The number of nitrogens with zero attached hydrogens (tertiary/aromatic N) is 2. The second kappa shape index (κ2) is 9.89. The minimum absolute atomic E-state index is 0.0201. The lowest BCUT2D eigenvalue weighted by molar-refractivity contribution is 0.0880. The van der Waals surface area contributed by atoms with Crippen molar-refractivity contribution in [3.63, 3.8) is 0 Å². The summed E-state index contributed by atoms with van der Waals surface area (Å²) in [4.78, 5) is 12.1. The minimum atomic E-state index is -0.955. The number of ether oxygens (including phenoxy) is 2. The van der Waals surface area contributed by atoms with Crippen LogP contribution < -0.4 is 15.0 Å². The Bertz CT molecular complexity index is 1210. The van der Waals surface area contributed by atoms with E-state index >= 15 is 0 Å². The molecule has 0 bridgehead atoms. The molecule has 4 rings (SSSR count). The Morgan fingerprint density at radius 3 is 2.22 bits per heavy atom. The van der Waals surface area contributed by atoms with Gasteiger partial charge in [-0.25, -0.2) is 9.07 Å². The van der Waals surface area contributed by atoms with E-state index in [1.54, 1.807) is 42.5 Å². The lowest BCUT2D eigenvalue weighted by Crippen LogP contribution is -2.31. The van der Waals surface area contributed by atoms with E-state index in [0.717, 1.165) is 5.75 Å². The maximum atomic E-state index is 13.1. The van der Waals surface area contributed by atoms with Crippen molar-refractivity contribution < 1.29 is 19.0 Å². The highest BCUT2D eigenvalue weighted by Crippen LogP contribution is 2.23. The molecule has 0 saturated heterocycles. The van der Waals surface area contributed by atoms with E-state index in [9.17, 15) is 14.3 Å². The van der Waals surface area contributed by atoms with Crippen molar-refractivity contribution in [1.82, 2.24) is 9.78 Å². The first-order chi connectivity index (χ1) is 15.6. The molecule has 7 heteroatoms. The summed E-state index contributed by atoms with van der Waals surface area (Å²) in [7, 11) is 0. The predicted molar refractivity (Wildman–Crippen MR) is 118 cm³/mol. The standard InChI is InChI=1S/C25H21FN2O4/c26-19-8-6-18(7-9-19)24-14-15-25(30)28(27-24)16-20(29)17-31-21-10-12-23(13-11-21)32-22-4-2-1-3-5-22/h1-15,20,29H,16-17H2. The maximum absolute atomic E-state index is 13.1. The average molecular weight is 432 g/mol. The summed E-state index contributed by atoms with van der Waals surface area (Å²) in [6.45, 7) is -0.0587. The SMILES string of the molecule is O=c1ccc(-c2ccc(F)cc2)nn1CC(O)COc1ccc(Oc2ccccc2)cc1. The van der Waals surface area contributed by atoms with Gasteiger partial charge in [0.2, 0.25) is 0 Å². The van der Waals surface area contributed by atoms with Crippen molar-refractivity contribution >= 4 is 0 Å². The first kappa shape index (κ1) is 21.3. The third kappa shape index (κ3) is 5.59. The van der Waals surface area contributed by atoms with Crippen LogP contribution in [0.15, 0.2) is 95.8 Å². The summed E-state index contributed by atoms with van der Waals surface area (Å²) in [5.41, 5.74) is 0.827. The van der Waals surface area contributed by atoms with E-state index in [0.29, 0.717) is 22.8 Å². The molecule has 1 heterocycles.